The number of likely N-dealkylation sites (tertiary alicyclic amines) is 1. The Kier molecular flexibility index (Phi) is 4.85. The molecule has 2 unspecified atom stereocenters. The number of halogens is 2. The van der Waals surface area contributed by atoms with E-state index in [2.05, 4.69) is 0 Å². The first kappa shape index (κ1) is 14.8. The van der Waals surface area contributed by atoms with Gasteiger partial charge in [-0.3, -0.25) is 9.69 Å². The Morgan fingerprint density at radius 3 is 2.84 bits per heavy atom. The summed E-state index contributed by atoms with van der Waals surface area (Å²) in [6.45, 7) is 3.68. The number of benzene rings is 1. The minimum atomic E-state index is -0.359. The van der Waals surface area contributed by atoms with Gasteiger partial charge in [0, 0.05) is 17.1 Å². The number of aliphatic hydroxyl groups is 1. The third-order valence-electron chi connectivity index (χ3n) is 3.60. The van der Waals surface area contributed by atoms with E-state index in [-0.39, 0.29) is 18.4 Å². The molecule has 1 aliphatic heterocycles. The fourth-order valence-corrected chi connectivity index (χ4v) is 2.78. The van der Waals surface area contributed by atoms with Crippen LogP contribution in [-0.4, -0.2) is 41.5 Å². The van der Waals surface area contributed by atoms with Crippen molar-refractivity contribution in [1.82, 2.24) is 4.90 Å². The number of hydrogen-bond acceptors (Lipinski definition) is 3. The second-order valence-electron chi connectivity index (χ2n) is 5.12. The fraction of sp³-hybridized carbons (Fsp3) is 0.500. The van der Waals surface area contributed by atoms with Crippen LogP contribution in [0.2, 0.25) is 10.0 Å². The molecule has 0 spiro atoms. The van der Waals surface area contributed by atoms with E-state index in [4.69, 9.17) is 23.2 Å². The van der Waals surface area contributed by atoms with Gasteiger partial charge < -0.3 is 5.11 Å². The Balaban J connectivity index is 2.01. The van der Waals surface area contributed by atoms with E-state index in [1.165, 1.54) is 0 Å². The standard InChI is InChI=1S/C14H17Cl2NO2/c1-9-4-5-17(7-13(9)18)8-14(19)11-3-2-10(15)6-12(11)16/h2-3,6,9,13,18H,4-5,7-8H2,1H3. The number of ketones is 1. The van der Waals surface area contributed by atoms with Crippen molar-refractivity contribution in [3.05, 3.63) is 33.8 Å². The van der Waals surface area contributed by atoms with E-state index in [0.717, 1.165) is 13.0 Å². The third-order valence-corrected chi connectivity index (χ3v) is 4.15. The van der Waals surface area contributed by atoms with Gasteiger partial charge in [-0.1, -0.05) is 30.1 Å². The maximum Gasteiger partial charge on any atom is 0.178 e. The molecule has 0 amide bonds. The van der Waals surface area contributed by atoms with Gasteiger partial charge in [0.15, 0.2) is 5.78 Å². The Bertz CT molecular complexity index is 479. The molecule has 0 aromatic heterocycles. The zero-order valence-electron chi connectivity index (χ0n) is 10.8. The SMILES string of the molecule is CC1CCN(CC(=O)c2ccc(Cl)cc2Cl)CC1O. The Morgan fingerprint density at radius 2 is 2.21 bits per heavy atom. The van der Waals surface area contributed by atoms with Gasteiger partial charge in [-0.2, -0.15) is 0 Å². The van der Waals surface area contributed by atoms with Crippen LogP contribution in [0.3, 0.4) is 0 Å². The quantitative estimate of drug-likeness (QED) is 0.873. The van der Waals surface area contributed by atoms with Crippen molar-refractivity contribution in [2.75, 3.05) is 19.6 Å². The first-order valence-corrected chi connectivity index (χ1v) is 7.11. The predicted molar refractivity (Wildman–Crippen MR) is 77.0 cm³/mol. The van der Waals surface area contributed by atoms with E-state index in [9.17, 15) is 9.90 Å². The molecule has 2 atom stereocenters. The lowest BCUT2D eigenvalue weighted by Crippen LogP contribution is -2.44. The smallest absolute Gasteiger partial charge is 0.178 e. The summed E-state index contributed by atoms with van der Waals surface area (Å²) in [4.78, 5) is 14.2. The van der Waals surface area contributed by atoms with Gasteiger partial charge in [-0.15, -0.1) is 0 Å². The summed E-state index contributed by atoms with van der Waals surface area (Å²) in [6.07, 6.45) is 0.547. The van der Waals surface area contributed by atoms with E-state index >= 15 is 0 Å². The summed E-state index contributed by atoms with van der Waals surface area (Å²) >= 11 is 11.8. The average Bonchev–Trinajstić information content (AvgIpc) is 2.33. The number of aliphatic hydroxyl groups excluding tert-OH is 1. The summed E-state index contributed by atoms with van der Waals surface area (Å²) < 4.78 is 0. The molecule has 104 valence electrons. The maximum absolute atomic E-state index is 12.2. The predicted octanol–water partition coefficient (Wildman–Crippen LogP) is 2.88. The lowest BCUT2D eigenvalue weighted by Gasteiger charge is -2.33. The van der Waals surface area contributed by atoms with Gasteiger partial charge in [-0.25, -0.2) is 0 Å². The van der Waals surface area contributed by atoms with Crippen LogP contribution >= 0.6 is 23.2 Å². The highest BCUT2D eigenvalue weighted by atomic mass is 35.5. The summed E-state index contributed by atoms with van der Waals surface area (Å²) in [6, 6.07) is 4.88. The number of nitrogens with zero attached hydrogens (tertiary/aromatic N) is 1. The molecule has 1 aromatic rings. The first-order chi connectivity index (χ1) is 8.97. The van der Waals surface area contributed by atoms with Crippen LogP contribution in [0.15, 0.2) is 18.2 Å². The zero-order chi connectivity index (χ0) is 14.0. The Morgan fingerprint density at radius 1 is 1.47 bits per heavy atom. The highest BCUT2D eigenvalue weighted by Gasteiger charge is 2.26. The normalized spacial score (nSPS) is 24.4. The molecule has 5 heteroatoms. The van der Waals surface area contributed by atoms with Crippen LogP contribution in [-0.2, 0) is 0 Å². The number of hydrogen-bond donors (Lipinski definition) is 1. The lowest BCUT2D eigenvalue weighted by atomic mass is 9.95. The summed E-state index contributed by atoms with van der Waals surface area (Å²) in [5, 5.41) is 10.7. The van der Waals surface area contributed by atoms with Crippen LogP contribution in [0, 0.1) is 5.92 Å². The van der Waals surface area contributed by atoms with Gasteiger partial charge in [0.1, 0.15) is 0 Å². The van der Waals surface area contributed by atoms with Crippen molar-refractivity contribution >= 4 is 29.0 Å². The van der Waals surface area contributed by atoms with Gasteiger partial charge in [0.05, 0.1) is 17.7 Å². The molecule has 0 aliphatic carbocycles. The van der Waals surface area contributed by atoms with Crippen molar-refractivity contribution in [2.45, 2.75) is 19.4 Å². The number of rotatable bonds is 3. The van der Waals surface area contributed by atoms with Crippen LogP contribution in [0.25, 0.3) is 0 Å². The summed E-state index contributed by atoms with van der Waals surface area (Å²) in [5.74, 6) is 0.258. The summed E-state index contributed by atoms with van der Waals surface area (Å²) in [5.41, 5.74) is 0.485. The third kappa shape index (κ3) is 3.69. The number of piperidine rings is 1. The second kappa shape index (κ2) is 6.23. The molecule has 1 saturated heterocycles. The molecule has 1 aromatic carbocycles. The molecule has 19 heavy (non-hydrogen) atoms. The molecule has 1 heterocycles. The topological polar surface area (TPSA) is 40.5 Å². The zero-order valence-corrected chi connectivity index (χ0v) is 12.3. The molecule has 0 radical (unpaired) electrons. The van der Waals surface area contributed by atoms with E-state index in [1.54, 1.807) is 18.2 Å². The molecule has 3 nitrogen and oxygen atoms in total. The van der Waals surface area contributed by atoms with Gasteiger partial charge in [0.2, 0.25) is 0 Å². The van der Waals surface area contributed by atoms with Crippen LogP contribution in [0.5, 0.6) is 0 Å². The second-order valence-corrected chi connectivity index (χ2v) is 5.96. The highest BCUT2D eigenvalue weighted by Crippen LogP contribution is 2.22. The van der Waals surface area contributed by atoms with Crippen LogP contribution in [0.4, 0.5) is 0 Å². The molecule has 1 fully saturated rings. The van der Waals surface area contributed by atoms with Gasteiger partial charge >= 0.3 is 0 Å². The van der Waals surface area contributed by atoms with Gasteiger partial charge in [0.25, 0.3) is 0 Å². The number of carbonyl (C=O) groups excluding carboxylic acids is 1. The van der Waals surface area contributed by atoms with Crippen LogP contribution < -0.4 is 0 Å². The molecule has 0 bridgehead atoms. The number of Topliss-reactive ketones (excluding diaryl/α,β-unsaturated/α-hetero) is 1. The lowest BCUT2D eigenvalue weighted by molar-refractivity contribution is 0.0295. The van der Waals surface area contributed by atoms with E-state index in [1.807, 2.05) is 11.8 Å². The first-order valence-electron chi connectivity index (χ1n) is 6.36. The molecule has 2 rings (SSSR count). The van der Waals surface area contributed by atoms with Crippen LogP contribution in [0.1, 0.15) is 23.7 Å². The van der Waals surface area contributed by atoms with Crippen molar-refractivity contribution in [1.29, 1.82) is 0 Å². The largest absolute Gasteiger partial charge is 0.392 e. The molecular formula is C14H17Cl2NO2. The Hall–Kier alpha value is -0.610. The minimum absolute atomic E-state index is 0.0385. The maximum atomic E-state index is 12.2. The number of carbonyl (C=O) groups is 1. The molecule has 0 saturated carbocycles. The summed E-state index contributed by atoms with van der Waals surface area (Å²) in [7, 11) is 0. The van der Waals surface area contributed by atoms with E-state index in [0.29, 0.717) is 28.1 Å². The minimum Gasteiger partial charge on any atom is -0.392 e. The average molecular weight is 302 g/mol. The molecule has 1 N–H and O–H groups in total. The van der Waals surface area contributed by atoms with Crippen molar-refractivity contribution in [3.8, 4) is 0 Å². The molecule has 1 aliphatic rings. The number of β-amino-alcohol motifs (C(OH)–C–C–N with tert-alkyl or cyclic N) is 1. The molecular weight excluding hydrogens is 285 g/mol. The van der Waals surface area contributed by atoms with Gasteiger partial charge in [-0.05, 0) is 37.1 Å². The van der Waals surface area contributed by atoms with E-state index < -0.39 is 0 Å². The van der Waals surface area contributed by atoms with Crippen molar-refractivity contribution < 1.29 is 9.90 Å². The monoisotopic (exact) mass is 301 g/mol. The highest BCUT2D eigenvalue weighted by molar-refractivity contribution is 6.36. The van der Waals surface area contributed by atoms with Crippen molar-refractivity contribution in [2.24, 2.45) is 5.92 Å². The van der Waals surface area contributed by atoms with Crippen molar-refractivity contribution in [3.63, 3.8) is 0 Å². The Labute approximate surface area is 123 Å². The fourth-order valence-electron chi connectivity index (χ4n) is 2.26.